The Kier molecular flexibility index (Phi) is 9.56. The average molecular weight is 520 g/mol. The van der Waals surface area contributed by atoms with Crippen molar-refractivity contribution >= 4 is 23.5 Å². The molecular weight excluding hydrogens is 478 g/mol. The molecule has 0 aliphatic carbocycles. The van der Waals surface area contributed by atoms with Crippen molar-refractivity contribution in [1.82, 2.24) is 9.80 Å². The Morgan fingerprint density at radius 2 is 1.63 bits per heavy atom. The zero-order valence-electron chi connectivity index (χ0n) is 22.7. The lowest BCUT2D eigenvalue weighted by Gasteiger charge is -2.44. The average Bonchev–Trinajstić information content (AvgIpc) is 2.91. The second-order valence-electron chi connectivity index (χ2n) is 11.0. The molecule has 2 bridgehead atoms. The maximum Gasteiger partial charge on any atom is 0.303 e. The van der Waals surface area contributed by atoms with Gasteiger partial charge in [0.2, 0.25) is 11.8 Å². The first-order chi connectivity index (χ1) is 18.3. The number of carbonyl (C=O) groups is 3. The van der Waals surface area contributed by atoms with Gasteiger partial charge in [0, 0.05) is 62.7 Å². The van der Waals surface area contributed by atoms with Crippen LogP contribution in [0.15, 0.2) is 54.6 Å². The molecular formula is C31H41N3O4. The van der Waals surface area contributed by atoms with Crippen LogP contribution in [0.25, 0.3) is 0 Å². The number of nitrogens with zero attached hydrogens (tertiary/aromatic N) is 3. The third kappa shape index (κ3) is 7.01. The number of piperidine rings is 1. The molecule has 1 fully saturated rings. The van der Waals surface area contributed by atoms with Crippen molar-refractivity contribution in [2.75, 3.05) is 18.0 Å². The van der Waals surface area contributed by atoms with Crippen molar-refractivity contribution in [3.8, 4) is 0 Å². The molecule has 38 heavy (non-hydrogen) atoms. The van der Waals surface area contributed by atoms with Crippen LogP contribution in [0.4, 0.5) is 5.69 Å². The standard InChI is InChI=1S/C31H41N3O4/c1-23(2)31(38)33-19-18-26-13-8-14-27(34(26)20-24-10-4-3-5-11-24)22-32(29(35)16-9-17-30(36)37)21-25-12-6-7-15-28(25)33/h3-7,10-12,15,23,26-27H,8-9,13-14,16-22H2,1-2H3,(H,36,37). The summed E-state index contributed by atoms with van der Waals surface area (Å²) < 4.78 is 0. The first-order valence-electron chi connectivity index (χ1n) is 14.0. The van der Waals surface area contributed by atoms with Gasteiger partial charge in [0.15, 0.2) is 0 Å². The smallest absolute Gasteiger partial charge is 0.303 e. The molecule has 2 aliphatic heterocycles. The Hall–Kier alpha value is -3.19. The topological polar surface area (TPSA) is 81.2 Å². The van der Waals surface area contributed by atoms with E-state index in [2.05, 4.69) is 29.2 Å². The predicted molar refractivity (Wildman–Crippen MR) is 149 cm³/mol. The number of para-hydroxylation sites is 1. The summed E-state index contributed by atoms with van der Waals surface area (Å²) >= 11 is 0. The fraction of sp³-hybridized carbons (Fsp3) is 0.516. The van der Waals surface area contributed by atoms with E-state index in [1.54, 1.807) is 0 Å². The van der Waals surface area contributed by atoms with Gasteiger partial charge in [0.25, 0.3) is 0 Å². The fourth-order valence-corrected chi connectivity index (χ4v) is 5.89. The molecule has 2 aromatic rings. The van der Waals surface area contributed by atoms with E-state index in [9.17, 15) is 14.4 Å². The monoisotopic (exact) mass is 519 g/mol. The van der Waals surface area contributed by atoms with Crippen molar-refractivity contribution in [3.63, 3.8) is 0 Å². The lowest BCUT2D eigenvalue weighted by molar-refractivity contribution is -0.137. The van der Waals surface area contributed by atoms with Gasteiger partial charge in [-0.2, -0.15) is 0 Å². The number of benzene rings is 2. The largest absolute Gasteiger partial charge is 0.481 e. The molecule has 2 aromatic carbocycles. The minimum absolute atomic E-state index is 0.0154. The van der Waals surface area contributed by atoms with E-state index in [0.717, 1.165) is 43.5 Å². The number of hydrogen-bond donors (Lipinski definition) is 1. The number of hydrogen-bond acceptors (Lipinski definition) is 4. The highest BCUT2D eigenvalue weighted by molar-refractivity contribution is 5.95. The molecule has 0 aromatic heterocycles. The van der Waals surface area contributed by atoms with Crippen LogP contribution in [-0.4, -0.2) is 57.9 Å². The van der Waals surface area contributed by atoms with Crippen LogP contribution in [0.2, 0.25) is 0 Å². The van der Waals surface area contributed by atoms with Gasteiger partial charge in [-0.15, -0.1) is 0 Å². The molecule has 2 heterocycles. The number of fused-ring (bicyclic) bond motifs is 3. The summed E-state index contributed by atoms with van der Waals surface area (Å²) in [7, 11) is 0. The van der Waals surface area contributed by atoms with Gasteiger partial charge in [-0.3, -0.25) is 19.3 Å². The number of amides is 2. The van der Waals surface area contributed by atoms with E-state index >= 15 is 0 Å². The maximum atomic E-state index is 13.5. The third-order valence-corrected chi connectivity index (χ3v) is 7.88. The number of carboxylic acids is 1. The van der Waals surface area contributed by atoms with Crippen molar-refractivity contribution in [3.05, 3.63) is 65.7 Å². The van der Waals surface area contributed by atoms with Crippen LogP contribution in [0, 0.1) is 5.92 Å². The molecule has 7 heteroatoms. The highest BCUT2D eigenvalue weighted by Gasteiger charge is 2.35. The Labute approximate surface area is 226 Å². The van der Waals surface area contributed by atoms with Gasteiger partial charge in [-0.25, -0.2) is 0 Å². The summed E-state index contributed by atoms with van der Waals surface area (Å²) in [5.41, 5.74) is 3.08. The molecule has 4 rings (SSSR count). The van der Waals surface area contributed by atoms with Crippen molar-refractivity contribution < 1.29 is 19.5 Å². The highest BCUT2D eigenvalue weighted by Crippen LogP contribution is 2.32. The number of aliphatic carboxylic acids is 1. The molecule has 0 spiro atoms. The third-order valence-electron chi connectivity index (χ3n) is 7.88. The minimum Gasteiger partial charge on any atom is -0.481 e. The van der Waals surface area contributed by atoms with Crippen molar-refractivity contribution in [1.29, 1.82) is 0 Å². The zero-order valence-corrected chi connectivity index (χ0v) is 22.7. The van der Waals surface area contributed by atoms with Gasteiger partial charge in [-0.05, 0) is 42.9 Å². The van der Waals surface area contributed by atoms with Gasteiger partial charge >= 0.3 is 5.97 Å². The lowest BCUT2D eigenvalue weighted by Crippen LogP contribution is -2.52. The summed E-state index contributed by atoms with van der Waals surface area (Å²) in [6.45, 7) is 6.33. The van der Waals surface area contributed by atoms with Crippen LogP contribution < -0.4 is 4.90 Å². The maximum absolute atomic E-state index is 13.5. The number of anilines is 1. The second-order valence-corrected chi connectivity index (χ2v) is 11.0. The molecule has 1 saturated heterocycles. The molecule has 0 saturated carbocycles. The summed E-state index contributed by atoms with van der Waals surface area (Å²) in [5, 5.41) is 9.10. The molecule has 2 atom stereocenters. The molecule has 1 N–H and O–H groups in total. The Morgan fingerprint density at radius 3 is 2.37 bits per heavy atom. The molecule has 2 amide bonds. The Bertz CT molecular complexity index is 1100. The fourth-order valence-electron chi connectivity index (χ4n) is 5.89. The van der Waals surface area contributed by atoms with E-state index in [4.69, 9.17) is 5.11 Å². The zero-order chi connectivity index (χ0) is 27.1. The van der Waals surface area contributed by atoms with Crippen LogP contribution in [0.5, 0.6) is 0 Å². The summed E-state index contributed by atoms with van der Waals surface area (Å²) in [6.07, 6.45) is 4.57. The van der Waals surface area contributed by atoms with E-state index in [1.807, 2.05) is 54.0 Å². The SMILES string of the molecule is CC(C)C(=O)N1CCC2CCCC(CN(C(=O)CCCC(=O)O)Cc3ccccc31)N2Cc1ccccc1. The van der Waals surface area contributed by atoms with Crippen LogP contribution in [-0.2, 0) is 27.5 Å². The Morgan fingerprint density at radius 1 is 0.921 bits per heavy atom. The molecule has 204 valence electrons. The van der Waals surface area contributed by atoms with Gasteiger partial charge in [0.05, 0.1) is 0 Å². The van der Waals surface area contributed by atoms with Gasteiger partial charge in [0.1, 0.15) is 0 Å². The normalized spacial score (nSPS) is 20.5. The number of rotatable bonds is 7. The molecule has 2 unspecified atom stereocenters. The lowest BCUT2D eigenvalue weighted by atomic mass is 9.92. The first-order valence-corrected chi connectivity index (χ1v) is 14.0. The van der Waals surface area contributed by atoms with Crippen LogP contribution in [0.1, 0.15) is 69.9 Å². The van der Waals surface area contributed by atoms with Gasteiger partial charge < -0.3 is 14.9 Å². The quantitative estimate of drug-likeness (QED) is 0.551. The number of carboxylic acid groups (broad SMARTS) is 1. The minimum atomic E-state index is -0.882. The van der Waals surface area contributed by atoms with Gasteiger partial charge in [-0.1, -0.05) is 68.8 Å². The van der Waals surface area contributed by atoms with E-state index in [1.165, 1.54) is 5.56 Å². The van der Waals surface area contributed by atoms with Crippen LogP contribution in [0.3, 0.4) is 0 Å². The predicted octanol–water partition coefficient (Wildman–Crippen LogP) is 5.09. The summed E-state index contributed by atoms with van der Waals surface area (Å²) in [4.78, 5) is 44.5. The van der Waals surface area contributed by atoms with Crippen LogP contribution >= 0.6 is 0 Å². The first kappa shape index (κ1) is 27.8. The summed E-state index contributed by atoms with van der Waals surface area (Å²) in [6, 6.07) is 18.9. The van der Waals surface area contributed by atoms with Crippen molar-refractivity contribution in [2.45, 2.75) is 84.0 Å². The number of carbonyl (C=O) groups excluding carboxylic acids is 2. The van der Waals surface area contributed by atoms with E-state index < -0.39 is 5.97 Å². The Balaban J connectivity index is 1.71. The highest BCUT2D eigenvalue weighted by atomic mass is 16.4. The summed E-state index contributed by atoms with van der Waals surface area (Å²) in [5.74, 6) is -0.948. The molecule has 0 radical (unpaired) electrons. The second kappa shape index (κ2) is 13.1. The molecule has 7 nitrogen and oxygen atoms in total. The van der Waals surface area contributed by atoms with Crippen molar-refractivity contribution in [2.24, 2.45) is 5.92 Å². The van der Waals surface area contributed by atoms with E-state index in [0.29, 0.717) is 32.1 Å². The van der Waals surface area contributed by atoms with E-state index in [-0.39, 0.29) is 36.6 Å². The molecule has 2 aliphatic rings.